The molecule has 6 nitrogen and oxygen atoms in total. The summed E-state index contributed by atoms with van der Waals surface area (Å²) in [5.41, 5.74) is 4.52. The van der Waals surface area contributed by atoms with Crippen molar-refractivity contribution in [2.24, 2.45) is 5.41 Å². The van der Waals surface area contributed by atoms with Gasteiger partial charge >= 0.3 is 0 Å². The Labute approximate surface area is 155 Å². The van der Waals surface area contributed by atoms with E-state index < -0.39 is 11.3 Å². The minimum absolute atomic E-state index is 0.105. The fourth-order valence-electron chi connectivity index (χ4n) is 4.10. The molecule has 0 saturated carbocycles. The number of hydroxylamine groups is 1. The van der Waals surface area contributed by atoms with Crippen LogP contribution in [0.1, 0.15) is 34.3 Å². The van der Waals surface area contributed by atoms with Gasteiger partial charge in [0.15, 0.2) is 0 Å². The van der Waals surface area contributed by atoms with Gasteiger partial charge in [-0.25, -0.2) is 5.48 Å². The molecule has 2 heterocycles. The molecule has 7 heteroatoms. The lowest BCUT2D eigenvalue weighted by Gasteiger charge is -2.33. The second-order valence-corrected chi connectivity index (χ2v) is 7.32. The molecule has 4 rings (SSSR count). The van der Waals surface area contributed by atoms with Crippen LogP contribution in [-0.4, -0.2) is 28.6 Å². The smallest absolute Gasteiger partial charge is 0.274 e. The lowest BCUT2D eigenvalue weighted by molar-refractivity contribution is -0.126. The highest BCUT2D eigenvalue weighted by Crippen LogP contribution is 2.45. The number of amides is 2. The number of anilines is 1. The van der Waals surface area contributed by atoms with Crippen molar-refractivity contribution in [2.45, 2.75) is 25.7 Å². The minimum Gasteiger partial charge on any atom is -0.310 e. The first-order valence-corrected chi connectivity index (χ1v) is 8.90. The quantitative estimate of drug-likeness (QED) is 0.628. The van der Waals surface area contributed by atoms with E-state index in [9.17, 15) is 9.59 Å². The summed E-state index contributed by atoms with van der Waals surface area (Å²) in [5, 5.41) is 9.27. The second-order valence-electron chi connectivity index (χ2n) is 6.92. The van der Waals surface area contributed by atoms with Crippen molar-refractivity contribution in [1.82, 2.24) is 10.5 Å². The zero-order chi connectivity index (χ0) is 18.3. The number of rotatable bonds is 2. The summed E-state index contributed by atoms with van der Waals surface area (Å²) in [7, 11) is 0. The Morgan fingerprint density at radius 2 is 2.12 bits per heavy atom. The van der Waals surface area contributed by atoms with Crippen molar-refractivity contribution in [2.75, 3.05) is 11.4 Å². The average Bonchev–Trinajstić information content (AvgIpc) is 2.97. The van der Waals surface area contributed by atoms with E-state index in [1.807, 2.05) is 6.07 Å². The fraction of sp³-hybridized carbons (Fsp3) is 0.316. The number of benzene rings is 1. The molecule has 1 atom stereocenters. The monoisotopic (exact) mass is 371 g/mol. The number of hydrogen-bond donors (Lipinski definition) is 2. The van der Waals surface area contributed by atoms with Crippen LogP contribution in [-0.2, 0) is 17.6 Å². The van der Waals surface area contributed by atoms with Crippen molar-refractivity contribution in [3.05, 3.63) is 58.4 Å². The van der Waals surface area contributed by atoms with Gasteiger partial charge in [-0.05, 0) is 55.0 Å². The number of pyridine rings is 1. The number of nitrogens with zero attached hydrogens (tertiary/aromatic N) is 2. The predicted molar refractivity (Wildman–Crippen MR) is 96.4 cm³/mol. The normalized spacial score (nSPS) is 21.8. The zero-order valence-corrected chi connectivity index (χ0v) is 14.8. The lowest BCUT2D eigenvalue weighted by Crippen LogP contribution is -2.39. The first-order chi connectivity index (χ1) is 12.5. The summed E-state index contributed by atoms with van der Waals surface area (Å²) in [6.07, 6.45) is 6.10. The average molecular weight is 372 g/mol. The summed E-state index contributed by atoms with van der Waals surface area (Å²) < 4.78 is 0. The number of halogens is 1. The van der Waals surface area contributed by atoms with E-state index in [0.717, 1.165) is 30.4 Å². The lowest BCUT2D eigenvalue weighted by atomic mass is 9.70. The Bertz CT molecular complexity index is 901. The molecule has 26 heavy (non-hydrogen) atoms. The van der Waals surface area contributed by atoms with E-state index >= 15 is 0 Å². The number of aryl methyl sites for hydroxylation is 1. The number of nitrogens with one attached hydrogen (secondary N) is 1. The Hall–Kier alpha value is -2.44. The highest BCUT2D eigenvalue weighted by molar-refractivity contribution is 6.33. The molecular formula is C19H18ClN3O3. The van der Waals surface area contributed by atoms with Crippen LogP contribution < -0.4 is 10.4 Å². The molecule has 1 aromatic carbocycles. The predicted octanol–water partition coefficient (Wildman–Crippen LogP) is 2.77. The highest BCUT2D eigenvalue weighted by Gasteiger charge is 2.48. The van der Waals surface area contributed by atoms with E-state index in [4.69, 9.17) is 16.8 Å². The summed E-state index contributed by atoms with van der Waals surface area (Å²) in [6.45, 7) is 0.642. The molecule has 0 bridgehead atoms. The van der Waals surface area contributed by atoms with Crippen molar-refractivity contribution < 1.29 is 14.8 Å². The number of hydrogen-bond acceptors (Lipinski definition) is 4. The fourth-order valence-corrected chi connectivity index (χ4v) is 4.32. The molecule has 0 radical (unpaired) electrons. The van der Waals surface area contributed by atoms with Crippen LogP contribution in [0.25, 0.3) is 0 Å². The number of carbonyl (C=O) groups excluding carboxylic acids is 2. The van der Waals surface area contributed by atoms with Gasteiger partial charge in [-0.15, -0.1) is 0 Å². The topological polar surface area (TPSA) is 82.5 Å². The molecular weight excluding hydrogens is 354 g/mol. The maximum atomic E-state index is 13.2. The van der Waals surface area contributed by atoms with Gasteiger partial charge in [0.2, 0.25) is 5.91 Å². The van der Waals surface area contributed by atoms with Crippen LogP contribution >= 0.6 is 11.6 Å². The summed E-state index contributed by atoms with van der Waals surface area (Å²) >= 11 is 6.22. The van der Waals surface area contributed by atoms with Gasteiger partial charge in [-0.3, -0.25) is 19.8 Å². The third kappa shape index (κ3) is 2.66. The van der Waals surface area contributed by atoms with Crippen LogP contribution in [0.2, 0.25) is 5.02 Å². The Kier molecular flexibility index (Phi) is 4.17. The molecule has 1 saturated heterocycles. The van der Waals surface area contributed by atoms with Crippen molar-refractivity contribution in [3.63, 3.8) is 0 Å². The molecule has 2 amide bonds. The third-order valence-electron chi connectivity index (χ3n) is 5.53. The van der Waals surface area contributed by atoms with Crippen LogP contribution in [0.15, 0.2) is 36.7 Å². The Morgan fingerprint density at radius 3 is 2.88 bits per heavy atom. The van der Waals surface area contributed by atoms with Gasteiger partial charge in [0.05, 0.1) is 16.1 Å². The maximum Gasteiger partial charge on any atom is 0.274 e. The van der Waals surface area contributed by atoms with Crippen LogP contribution in [0.5, 0.6) is 0 Å². The highest BCUT2D eigenvalue weighted by atomic mass is 35.5. The third-order valence-corrected chi connectivity index (χ3v) is 5.82. The van der Waals surface area contributed by atoms with Gasteiger partial charge in [0.1, 0.15) is 0 Å². The first-order valence-electron chi connectivity index (χ1n) is 8.52. The molecule has 1 aromatic heterocycles. The Morgan fingerprint density at radius 1 is 1.27 bits per heavy atom. The van der Waals surface area contributed by atoms with Crippen LogP contribution in [0.3, 0.4) is 0 Å². The summed E-state index contributed by atoms with van der Waals surface area (Å²) in [5.74, 6) is -0.419. The molecule has 1 aliphatic heterocycles. The van der Waals surface area contributed by atoms with E-state index in [0.29, 0.717) is 29.2 Å². The molecule has 134 valence electrons. The van der Waals surface area contributed by atoms with Crippen LogP contribution in [0.4, 0.5) is 5.69 Å². The molecule has 2 N–H and O–H groups in total. The van der Waals surface area contributed by atoms with Crippen molar-refractivity contribution >= 4 is 29.1 Å². The van der Waals surface area contributed by atoms with Gasteiger partial charge in [0, 0.05) is 24.5 Å². The van der Waals surface area contributed by atoms with Crippen LogP contribution in [0, 0.1) is 5.41 Å². The minimum atomic E-state index is -0.525. The van der Waals surface area contributed by atoms with Crippen molar-refractivity contribution in [3.8, 4) is 0 Å². The largest absolute Gasteiger partial charge is 0.310 e. The second kappa shape index (κ2) is 6.37. The van der Waals surface area contributed by atoms with Gasteiger partial charge in [-0.2, -0.15) is 0 Å². The van der Waals surface area contributed by atoms with E-state index in [-0.39, 0.29) is 5.91 Å². The summed E-state index contributed by atoms with van der Waals surface area (Å²) in [4.78, 5) is 30.6. The summed E-state index contributed by atoms with van der Waals surface area (Å²) in [6, 6.07) is 7.14. The zero-order valence-electron chi connectivity index (χ0n) is 14.0. The number of fused-ring (bicyclic) bond motifs is 1. The maximum absolute atomic E-state index is 13.2. The van der Waals surface area contributed by atoms with Gasteiger partial charge < -0.3 is 4.90 Å². The van der Waals surface area contributed by atoms with E-state index in [1.54, 1.807) is 41.0 Å². The van der Waals surface area contributed by atoms with E-state index in [1.165, 1.54) is 0 Å². The molecule has 2 aromatic rings. The molecule has 1 aliphatic carbocycles. The first kappa shape index (κ1) is 17.0. The standard InChI is InChI=1S/C19H18ClN3O3/c20-15-11-21-7-4-16(15)23-8-6-19(18(23)25)5-3-12-9-13(17(24)22-26)1-2-14(12)10-19/h1-2,4,7,9,11,26H,3,5-6,8,10H2,(H,22,24)/t19-/m1/s1. The SMILES string of the molecule is O=C(NO)c1ccc2c(c1)CC[C@@]1(CCN(c3ccncc3Cl)C1=O)C2. The molecule has 2 aliphatic rings. The Balaban J connectivity index is 1.61. The number of aromatic nitrogens is 1. The van der Waals surface area contributed by atoms with E-state index in [2.05, 4.69) is 4.98 Å². The molecule has 1 fully saturated rings. The van der Waals surface area contributed by atoms with Gasteiger partial charge in [0.25, 0.3) is 5.91 Å². The number of carbonyl (C=O) groups is 2. The van der Waals surface area contributed by atoms with Crippen molar-refractivity contribution in [1.29, 1.82) is 0 Å². The molecule has 0 unspecified atom stereocenters. The van der Waals surface area contributed by atoms with Gasteiger partial charge in [-0.1, -0.05) is 17.7 Å². The molecule has 1 spiro atoms.